The number of ether oxygens (including phenoxy) is 1. The third-order valence-electron chi connectivity index (χ3n) is 8.19. The van der Waals surface area contributed by atoms with E-state index < -0.39 is 21.4 Å². The number of nitrogen functional groups attached to an aromatic ring is 1. The summed E-state index contributed by atoms with van der Waals surface area (Å²) in [5.74, 6) is -0.807. The number of piperidine rings is 2. The third-order valence-corrected chi connectivity index (χ3v) is 10.9. The van der Waals surface area contributed by atoms with Gasteiger partial charge in [0.25, 0.3) is 0 Å². The minimum atomic E-state index is -3.72. The maximum Gasteiger partial charge on any atom is 0.410 e. The quantitative estimate of drug-likeness (QED) is 0.312. The number of anilines is 2. The summed E-state index contributed by atoms with van der Waals surface area (Å²) in [6, 6.07) is 6.21. The van der Waals surface area contributed by atoms with Crippen molar-refractivity contribution in [1.29, 1.82) is 0 Å². The monoisotopic (exact) mass is 687 g/mol. The van der Waals surface area contributed by atoms with Crippen LogP contribution in [0.3, 0.4) is 0 Å². The lowest BCUT2D eigenvalue weighted by Gasteiger charge is -2.37. The molecule has 15 heteroatoms. The van der Waals surface area contributed by atoms with E-state index in [1.807, 2.05) is 25.7 Å². The van der Waals surface area contributed by atoms with Gasteiger partial charge in [-0.1, -0.05) is 13.0 Å². The number of amides is 2. The van der Waals surface area contributed by atoms with E-state index >= 15 is 4.39 Å². The summed E-state index contributed by atoms with van der Waals surface area (Å²) in [5.41, 5.74) is 6.13. The number of halogens is 1. The van der Waals surface area contributed by atoms with E-state index in [0.717, 1.165) is 5.01 Å². The molecule has 0 aliphatic carbocycles. The number of hydrogen-bond donors (Lipinski definition) is 2. The predicted molar refractivity (Wildman–Crippen MR) is 180 cm³/mol. The lowest BCUT2D eigenvalue weighted by atomic mass is 9.92. The van der Waals surface area contributed by atoms with Crippen LogP contribution >= 0.6 is 11.3 Å². The SMILES string of the molecule is CCCS(=O)(=O)Nc1cccc(-c2nc(C3CCN(C(=O)C4CCN(C(=O)OC(C)(C)C)CC4)CC3)sc2-c2ccnc(N)n2)c1F. The van der Waals surface area contributed by atoms with Crippen molar-refractivity contribution in [3.63, 3.8) is 0 Å². The second kappa shape index (κ2) is 14.1. The number of thiazole rings is 1. The number of nitrogens with zero attached hydrogens (tertiary/aromatic N) is 5. The number of hydrogen-bond acceptors (Lipinski definition) is 10. The molecule has 0 atom stereocenters. The van der Waals surface area contributed by atoms with E-state index in [2.05, 4.69) is 14.7 Å². The van der Waals surface area contributed by atoms with Crippen LogP contribution in [-0.2, 0) is 19.6 Å². The van der Waals surface area contributed by atoms with Crippen molar-refractivity contribution in [2.45, 2.75) is 71.3 Å². The van der Waals surface area contributed by atoms with Crippen molar-refractivity contribution in [2.75, 3.05) is 42.4 Å². The molecule has 47 heavy (non-hydrogen) atoms. The Morgan fingerprint density at radius 1 is 1.06 bits per heavy atom. The van der Waals surface area contributed by atoms with Gasteiger partial charge in [0, 0.05) is 49.8 Å². The Morgan fingerprint density at radius 2 is 1.74 bits per heavy atom. The average molecular weight is 688 g/mol. The van der Waals surface area contributed by atoms with Gasteiger partial charge in [-0.2, -0.15) is 0 Å². The summed E-state index contributed by atoms with van der Waals surface area (Å²) in [4.78, 5) is 43.3. The van der Waals surface area contributed by atoms with Crippen LogP contribution in [0.1, 0.15) is 70.7 Å². The predicted octanol–water partition coefficient (Wildman–Crippen LogP) is 5.49. The van der Waals surface area contributed by atoms with Gasteiger partial charge in [0.05, 0.1) is 32.7 Å². The van der Waals surface area contributed by atoms with Crippen LogP contribution in [-0.4, -0.2) is 82.7 Å². The Labute approximate surface area is 279 Å². The Hall–Kier alpha value is -3.85. The van der Waals surface area contributed by atoms with Crippen LogP contribution in [0.5, 0.6) is 0 Å². The number of aromatic nitrogens is 3. The van der Waals surface area contributed by atoms with Gasteiger partial charge in [0.1, 0.15) is 5.60 Å². The number of carbonyl (C=O) groups excluding carboxylic acids is 2. The van der Waals surface area contributed by atoms with Gasteiger partial charge in [0.15, 0.2) is 5.82 Å². The fourth-order valence-corrected chi connectivity index (χ4v) is 8.24. The molecule has 0 spiro atoms. The zero-order chi connectivity index (χ0) is 33.9. The number of benzene rings is 1. The molecule has 254 valence electrons. The molecule has 2 amide bonds. The smallest absolute Gasteiger partial charge is 0.410 e. The Morgan fingerprint density at radius 3 is 2.38 bits per heavy atom. The average Bonchev–Trinajstić information content (AvgIpc) is 3.46. The van der Waals surface area contributed by atoms with Crippen molar-refractivity contribution >= 4 is 45.0 Å². The van der Waals surface area contributed by atoms with E-state index in [1.165, 1.54) is 23.6 Å². The molecule has 3 aromatic rings. The van der Waals surface area contributed by atoms with Gasteiger partial charge in [0.2, 0.25) is 21.9 Å². The molecule has 2 fully saturated rings. The molecular weight excluding hydrogens is 646 g/mol. The Bertz CT molecular complexity index is 1710. The number of nitrogens with one attached hydrogen (secondary N) is 1. The molecule has 4 heterocycles. The molecule has 0 saturated carbocycles. The summed E-state index contributed by atoms with van der Waals surface area (Å²) >= 11 is 1.39. The van der Waals surface area contributed by atoms with E-state index in [0.29, 0.717) is 74.5 Å². The minimum absolute atomic E-state index is 0.0269. The second-order valence-electron chi connectivity index (χ2n) is 13.0. The van der Waals surface area contributed by atoms with Crippen molar-refractivity contribution in [3.8, 4) is 21.8 Å². The Balaban J connectivity index is 1.31. The van der Waals surface area contributed by atoms with Gasteiger partial charge in [-0.15, -0.1) is 11.3 Å². The highest BCUT2D eigenvalue weighted by molar-refractivity contribution is 7.92. The Kier molecular flexibility index (Phi) is 10.3. The largest absolute Gasteiger partial charge is 0.444 e. The van der Waals surface area contributed by atoms with Crippen molar-refractivity contribution in [1.82, 2.24) is 24.8 Å². The summed E-state index contributed by atoms with van der Waals surface area (Å²) in [5, 5.41) is 0.779. The van der Waals surface area contributed by atoms with Crippen LogP contribution in [0.2, 0.25) is 0 Å². The number of nitrogens with two attached hydrogens (primary N) is 1. The van der Waals surface area contributed by atoms with Crippen LogP contribution < -0.4 is 10.5 Å². The number of carbonyl (C=O) groups is 2. The van der Waals surface area contributed by atoms with Gasteiger partial charge >= 0.3 is 6.09 Å². The number of rotatable bonds is 8. The molecule has 3 N–H and O–H groups in total. The van der Waals surface area contributed by atoms with Crippen LogP contribution in [0.25, 0.3) is 21.8 Å². The lowest BCUT2D eigenvalue weighted by molar-refractivity contribution is -0.138. The summed E-state index contributed by atoms with van der Waals surface area (Å²) < 4.78 is 48.6. The first-order valence-corrected chi connectivity index (χ1v) is 18.4. The van der Waals surface area contributed by atoms with Crippen LogP contribution in [0.15, 0.2) is 30.5 Å². The highest BCUT2D eigenvalue weighted by Crippen LogP contribution is 2.43. The van der Waals surface area contributed by atoms with E-state index in [-0.39, 0.29) is 46.8 Å². The van der Waals surface area contributed by atoms with Gasteiger partial charge in [-0.05, 0) is 71.1 Å². The third kappa shape index (κ3) is 8.36. The first-order valence-electron chi connectivity index (χ1n) is 15.9. The second-order valence-corrected chi connectivity index (χ2v) is 15.8. The lowest BCUT2D eigenvalue weighted by Crippen LogP contribution is -2.47. The van der Waals surface area contributed by atoms with Crippen molar-refractivity contribution in [3.05, 3.63) is 41.3 Å². The summed E-state index contributed by atoms with van der Waals surface area (Å²) in [6.07, 6.45) is 4.12. The van der Waals surface area contributed by atoms with Crippen molar-refractivity contribution in [2.24, 2.45) is 5.92 Å². The van der Waals surface area contributed by atoms with Crippen molar-refractivity contribution < 1.29 is 27.1 Å². The maximum atomic E-state index is 15.9. The molecule has 0 bridgehead atoms. The topological polar surface area (TPSA) is 161 Å². The molecule has 2 aliphatic rings. The molecular formula is C32H42FN7O5S2. The molecule has 1 aromatic carbocycles. The molecule has 2 saturated heterocycles. The highest BCUT2D eigenvalue weighted by Gasteiger charge is 2.35. The molecule has 0 unspecified atom stereocenters. The zero-order valence-electron chi connectivity index (χ0n) is 27.2. The first kappa shape index (κ1) is 34.5. The van der Waals surface area contributed by atoms with Gasteiger partial charge in [-0.25, -0.2) is 32.6 Å². The first-order chi connectivity index (χ1) is 22.2. The van der Waals surface area contributed by atoms with E-state index in [9.17, 15) is 18.0 Å². The molecule has 12 nitrogen and oxygen atoms in total. The maximum absolute atomic E-state index is 15.9. The molecule has 0 radical (unpaired) electrons. The molecule has 2 aromatic heterocycles. The molecule has 2 aliphatic heterocycles. The zero-order valence-corrected chi connectivity index (χ0v) is 28.8. The number of likely N-dealkylation sites (tertiary alicyclic amines) is 2. The number of sulfonamides is 1. The summed E-state index contributed by atoms with van der Waals surface area (Å²) in [6.45, 7) is 9.33. The minimum Gasteiger partial charge on any atom is -0.444 e. The van der Waals surface area contributed by atoms with Gasteiger partial charge < -0.3 is 20.3 Å². The van der Waals surface area contributed by atoms with Crippen LogP contribution in [0.4, 0.5) is 20.8 Å². The summed E-state index contributed by atoms with van der Waals surface area (Å²) in [7, 11) is -3.72. The highest BCUT2D eigenvalue weighted by atomic mass is 32.2. The normalized spacial score (nSPS) is 16.7. The standard InChI is InChI=1S/C32H42FN7O5S2/c1-5-19-47(43,44)38-23-8-6-7-22(25(23)33)26-27(24-9-14-35-30(34)36-24)46-28(37-26)20-10-15-39(16-11-20)29(41)21-12-17-40(18-13-21)31(42)45-32(2,3)4/h6-9,14,20-21,38H,5,10-13,15-19H2,1-4H3,(H2,34,35,36). The van der Waals surface area contributed by atoms with E-state index in [4.69, 9.17) is 15.5 Å². The van der Waals surface area contributed by atoms with Crippen LogP contribution in [0, 0.1) is 11.7 Å². The fourth-order valence-electron chi connectivity index (χ4n) is 5.89. The van der Waals surface area contributed by atoms with Gasteiger partial charge in [-0.3, -0.25) is 9.52 Å². The fraction of sp³-hybridized carbons (Fsp3) is 0.531. The van der Waals surface area contributed by atoms with E-state index in [1.54, 1.807) is 30.0 Å². The molecule has 5 rings (SSSR count).